The van der Waals surface area contributed by atoms with Crippen LogP contribution in [0, 0.1) is 17.8 Å². The molecule has 0 aromatic rings. The van der Waals surface area contributed by atoms with Crippen LogP contribution in [0.15, 0.2) is 25.3 Å². The monoisotopic (exact) mass is 503 g/mol. The van der Waals surface area contributed by atoms with Crippen molar-refractivity contribution >= 4 is 17.7 Å². The molecule has 0 saturated carbocycles. The van der Waals surface area contributed by atoms with Crippen LogP contribution in [0.4, 0.5) is 0 Å². The number of hydrogen-bond acceptors (Lipinski definition) is 5. The van der Waals surface area contributed by atoms with Gasteiger partial charge in [-0.3, -0.25) is 14.4 Å². The van der Waals surface area contributed by atoms with E-state index in [1.165, 1.54) is 4.90 Å². The van der Waals surface area contributed by atoms with E-state index in [9.17, 15) is 19.5 Å². The Kier molecular flexibility index (Phi) is 8.71. The minimum Gasteiger partial charge on any atom is -0.395 e. The van der Waals surface area contributed by atoms with Gasteiger partial charge in [-0.15, -0.1) is 13.2 Å². The zero-order chi connectivity index (χ0) is 26.8. The van der Waals surface area contributed by atoms with Gasteiger partial charge in [0.25, 0.3) is 0 Å². The van der Waals surface area contributed by atoms with E-state index in [0.29, 0.717) is 26.1 Å². The molecule has 3 aliphatic rings. The fourth-order valence-corrected chi connectivity index (χ4v) is 7.01. The Balaban J connectivity index is 2.11. The predicted molar refractivity (Wildman–Crippen MR) is 139 cm³/mol. The van der Waals surface area contributed by atoms with Crippen molar-refractivity contribution in [3.63, 3.8) is 0 Å². The van der Waals surface area contributed by atoms with Crippen LogP contribution in [-0.2, 0) is 19.1 Å². The Bertz CT molecular complexity index is 877. The minimum absolute atomic E-state index is 0.0204. The van der Waals surface area contributed by atoms with Crippen molar-refractivity contribution < 1.29 is 24.2 Å². The summed E-state index contributed by atoms with van der Waals surface area (Å²) in [5, 5.41) is 9.85. The first kappa shape index (κ1) is 28.4. The Morgan fingerprint density at radius 3 is 2.44 bits per heavy atom. The highest BCUT2D eigenvalue weighted by molar-refractivity contribution is 5.99. The van der Waals surface area contributed by atoms with Gasteiger partial charge in [0.2, 0.25) is 17.7 Å². The molecule has 36 heavy (non-hydrogen) atoms. The summed E-state index contributed by atoms with van der Waals surface area (Å²) in [6.45, 7) is 18.8. The molecule has 202 valence electrons. The summed E-state index contributed by atoms with van der Waals surface area (Å²) in [5.74, 6) is -2.06. The lowest BCUT2D eigenvalue weighted by molar-refractivity contribution is -0.156. The molecule has 0 aromatic heterocycles. The van der Waals surface area contributed by atoms with Gasteiger partial charge < -0.3 is 24.5 Å². The van der Waals surface area contributed by atoms with Crippen molar-refractivity contribution in [3.05, 3.63) is 25.3 Å². The average molecular weight is 504 g/mol. The molecule has 3 amide bonds. The van der Waals surface area contributed by atoms with Crippen molar-refractivity contribution in [1.82, 2.24) is 14.7 Å². The van der Waals surface area contributed by atoms with Gasteiger partial charge in [-0.25, -0.2) is 0 Å². The summed E-state index contributed by atoms with van der Waals surface area (Å²) >= 11 is 0. The van der Waals surface area contributed by atoms with Crippen LogP contribution < -0.4 is 0 Å². The topological polar surface area (TPSA) is 90.4 Å². The van der Waals surface area contributed by atoms with Gasteiger partial charge in [0.15, 0.2) is 0 Å². The second kappa shape index (κ2) is 11.1. The summed E-state index contributed by atoms with van der Waals surface area (Å²) in [6, 6.07) is -0.929. The quantitative estimate of drug-likeness (QED) is 0.390. The van der Waals surface area contributed by atoms with Crippen molar-refractivity contribution in [2.24, 2.45) is 17.8 Å². The summed E-state index contributed by atoms with van der Waals surface area (Å²) in [4.78, 5) is 47.3. The number of aliphatic hydroxyl groups excluding tert-OH is 1. The lowest BCUT2D eigenvalue weighted by Crippen LogP contribution is -2.58. The molecule has 0 radical (unpaired) electrons. The molecule has 1 N–H and O–H groups in total. The highest BCUT2D eigenvalue weighted by Crippen LogP contribution is 2.65. The van der Waals surface area contributed by atoms with Crippen LogP contribution in [0.2, 0.25) is 0 Å². The molecule has 3 aliphatic heterocycles. The van der Waals surface area contributed by atoms with Crippen molar-refractivity contribution in [1.29, 1.82) is 0 Å². The number of nitrogens with zero attached hydrogens (tertiary/aromatic N) is 3. The van der Waals surface area contributed by atoms with Gasteiger partial charge in [-0.2, -0.15) is 0 Å². The van der Waals surface area contributed by atoms with E-state index in [2.05, 4.69) is 20.1 Å². The van der Waals surface area contributed by atoms with Crippen molar-refractivity contribution in [2.75, 3.05) is 32.8 Å². The minimum atomic E-state index is -1.10. The fourth-order valence-electron chi connectivity index (χ4n) is 7.01. The van der Waals surface area contributed by atoms with Gasteiger partial charge in [0, 0.05) is 32.2 Å². The van der Waals surface area contributed by atoms with Crippen LogP contribution in [0.3, 0.4) is 0 Å². The second-order valence-corrected chi connectivity index (χ2v) is 10.9. The van der Waals surface area contributed by atoms with Crippen LogP contribution >= 0.6 is 0 Å². The van der Waals surface area contributed by atoms with Crippen LogP contribution in [0.25, 0.3) is 0 Å². The largest absolute Gasteiger partial charge is 0.395 e. The number of likely N-dealkylation sites (tertiary alicyclic amines) is 1. The Morgan fingerprint density at radius 2 is 1.89 bits per heavy atom. The fraction of sp³-hybridized carbons (Fsp3) is 0.750. The highest BCUT2D eigenvalue weighted by atomic mass is 16.5. The molecule has 3 heterocycles. The van der Waals surface area contributed by atoms with Crippen LogP contribution in [0.5, 0.6) is 0 Å². The summed E-state index contributed by atoms with van der Waals surface area (Å²) in [5.41, 5.74) is -1.96. The van der Waals surface area contributed by atoms with Gasteiger partial charge in [0.1, 0.15) is 11.6 Å². The molecule has 2 bridgehead atoms. The maximum absolute atomic E-state index is 14.2. The van der Waals surface area contributed by atoms with E-state index in [0.717, 1.165) is 19.3 Å². The molecule has 3 saturated heterocycles. The van der Waals surface area contributed by atoms with E-state index < -0.39 is 29.1 Å². The van der Waals surface area contributed by atoms with E-state index in [1.807, 2.05) is 27.7 Å². The lowest BCUT2D eigenvalue weighted by Gasteiger charge is -2.39. The molecule has 7 atom stereocenters. The third kappa shape index (κ3) is 4.30. The third-order valence-electron chi connectivity index (χ3n) is 8.66. The van der Waals surface area contributed by atoms with Gasteiger partial charge in [-0.05, 0) is 39.0 Å². The molecule has 1 spiro atoms. The van der Waals surface area contributed by atoms with E-state index >= 15 is 0 Å². The van der Waals surface area contributed by atoms with Crippen LogP contribution in [-0.4, -0.2) is 93.6 Å². The van der Waals surface area contributed by atoms with E-state index in [-0.39, 0.29) is 42.8 Å². The number of rotatable bonds is 13. The highest BCUT2D eigenvalue weighted by Gasteiger charge is 2.80. The Morgan fingerprint density at radius 1 is 1.22 bits per heavy atom. The standard InChI is InChI=1S/C28H45N3O5/c1-8-12-20(6)30(15-11-4)26(35)23-28-18-19(5)27(7,36-28)21(22(28)25(34)31(23)16-17-32)24(33)29(13-9-2)14-10-3/h9,11,19-23,32H,2,4,8,10,12-18H2,1,3,5-7H3/t19?,20?,21-,22-,23?,27+,28?/m0/s1. The van der Waals surface area contributed by atoms with E-state index in [4.69, 9.17) is 4.74 Å². The predicted octanol–water partition coefficient (Wildman–Crippen LogP) is 2.62. The number of carbonyl (C=O) groups excluding carboxylic acids is 3. The SMILES string of the molecule is C=CCN(CCC)C(=O)[C@@H]1[C@H]2C(=O)N(CCO)C(C(=O)N(CC=C)C(C)CCC)C23CC(C)[C@@]1(C)O3. The average Bonchev–Trinajstić information content (AvgIpc) is 3.34. The van der Waals surface area contributed by atoms with Gasteiger partial charge in [-0.1, -0.05) is 39.3 Å². The number of aliphatic hydroxyl groups is 1. The maximum atomic E-state index is 14.2. The number of carbonyl (C=O) groups is 3. The molecular weight excluding hydrogens is 458 g/mol. The maximum Gasteiger partial charge on any atom is 0.248 e. The molecule has 8 nitrogen and oxygen atoms in total. The number of ether oxygens (including phenoxy) is 1. The Labute approximate surface area is 216 Å². The zero-order valence-electron chi connectivity index (χ0n) is 22.7. The van der Waals surface area contributed by atoms with Crippen molar-refractivity contribution in [2.45, 2.75) is 83.6 Å². The molecule has 4 unspecified atom stereocenters. The summed E-state index contributed by atoms with van der Waals surface area (Å²) in [7, 11) is 0. The molecule has 3 rings (SSSR count). The molecule has 8 heteroatoms. The molecule has 0 aliphatic carbocycles. The molecule has 3 fully saturated rings. The smallest absolute Gasteiger partial charge is 0.248 e. The number of fused-ring (bicyclic) bond motifs is 1. The Hall–Kier alpha value is -2.19. The van der Waals surface area contributed by atoms with Gasteiger partial charge >= 0.3 is 0 Å². The van der Waals surface area contributed by atoms with E-state index in [1.54, 1.807) is 22.0 Å². The van der Waals surface area contributed by atoms with Crippen molar-refractivity contribution in [3.8, 4) is 0 Å². The number of amides is 3. The molecular formula is C28H45N3O5. The first-order valence-electron chi connectivity index (χ1n) is 13.5. The summed E-state index contributed by atoms with van der Waals surface area (Å²) < 4.78 is 6.78. The number of β-amino-alcohol motifs (C(OH)–C–C–N with tert-alkyl or cyclic N) is 1. The normalized spacial score (nSPS) is 33.4. The zero-order valence-corrected chi connectivity index (χ0v) is 22.7. The first-order chi connectivity index (χ1) is 17.1. The second-order valence-electron chi connectivity index (χ2n) is 10.9. The first-order valence-corrected chi connectivity index (χ1v) is 13.5. The van der Waals surface area contributed by atoms with Crippen LogP contribution in [0.1, 0.15) is 60.3 Å². The van der Waals surface area contributed by atoms with Gasteiger partial charge in [0.05, 0.1) is 24.0 Å². The summed E-state index contributed by atoms with van der Waals surface area (Å²) in [6.07, 6.45) is 6.44. The molecule has 0 aromatic carbocycles. The number of hydrogen-bond donors (Lipinski definition) is 1. The lowest BCUT2D eigenvalue weighted by atomic mass is 9.62. The third-order valence-corrected chi connectivity index (χ3v) is 8.66.